The Kier molecular flexibility index (Phi) is 4.10. The van der Waals surface area contributed by atoms with Crippen molar-refractivity contribution in [3.05, 3.63) is 29.5 Å². The molecule has 1 amide bonds. The fraction of sp³-hybridized carbons (Fsp3) is 0.500. The highest BCUT2D eigenvalue weighted by molar-refractivity contribution is 7.13. The van der Waals surface area contributed by atoms with Gasteiger partial charge in [-0.05, 0) is 30.2 Å². The van der Waals surface area contributed by atoms with E-state index in [0.717, 1.165) is 30.0 Å². The average molecular weight is 304 g/mol. The molecule has 0 N–H and O–H groups in total. The zero-order valence-electron chi connectivity index (χ0n) is 12.4. The highest BCUT2D eigenvalue weighted by atomic mass is 32.1. The van der Waals surface area contributed by atoms with Crippen LogP contribution in [0.3, 0.4) is 0 Å². The summed E-state index contributed by atoms with van der Waals surface area (Å²) in [4.78, 5) is 19.9. The van der Waals surface area contributed by atoms with Crippen LogP contribution in [0.5, 0.6) is 0 Å². The number of carbonyl (C=O) groups is 1. The number of oxazole rings is 1. The van der Waals surface area contributed by atoms with E-state index in [2.05, 4.69) is 18.8 Å². The second-order valence-electron chi connectivity index (χ2n) is 5.84. The zero-order valence-corrected chi connectivity index (χ0v) is 13.2. The first-order chi connectivity index (χ1) is 10.1. The van der Waals surface area contributed by atoms with Gasteiger partial charge in [-0.15, -0.1) is 11.3 Å². The summed E-state index contributed by atoms with van der Waals surface area (Å²) in [6.45, 7) is 5.24. The highest BCUT2D eigenvalue weighted by Gasteiger charge is 2.31. The van der Waals surface area contributed by atoms with Crippen LogP contribution in [0, 0.1) is 5.92 Å². The van der Waals surface area contributed by atoms with Gasteiger partial charge in [-0.25, -0.2) is 4.98 Å². The number of hydrogen-bond donors (Lipinski definition) is 0. The molecule has 0 unspecified atom stereocenters. The predicted octanol–water partition coefficient (Wildman–Crippen LogP) is 3.59. The maximum absolute atomic E-state index is 12.5. The molecule has 0 bridgehead atoms. The third kappa shape index (κ3) is 3.02. The molecule has 5 heteroatoms. The van der Waals surface area contributed by atoms with Crippen LogP contribution in [-0.2, 0) is 11.2 Å². The Morgan fingerprint density at radius 1 is 1.57 bits per heavy atom. The fourth-order valence-electron chi connectivity index (χ4n) is 2.95. The summed E-state index contributed by atoms with van der Waals surface area (Å²) in [6.07, 6.45) is 4.15. The predicted molar refractivity (Wildman–Crippen MR) is 83.1 cm³/mol. The number of amides is 1. The van der Waals surface area contributed by atoms with Gasteiger partial charge in [0.2, 0.25) is 11.8 Å². The molecule has 3 heterocycles. The summed E-state index contributed by atoms with van der Waals surface area (Å²) < 4.78 is 5.48. The van der Waals surface area contributed by atoms with Gasteiger partial charge in [-0.1, -0.05) is 19.9 Å². The monoisotopic (exact) mass is 304 g/mol. The molecule has 0 aliphatic carbocycles. The molecule has 1 aliphatic heterocycles. The number of thiophene rings is 1. The van der Waals surface area contributed by atoms with Crippen molar-refractivity contribution in [2.24, 2.45) is 5.92 Å². The number of hydrogen-bond acceptors (Lipinski definition) is 4. The van der Waals surface area contributed by atoms with Crippen molar-refractivity contribution in [1.82, 2.24) is 9.88 Å². The van der Waals surface area contributed by atoms with Gasteiger partial charge < -0.3 is 9.32 Å². The first-order valence-electron chi connectivity index (χ1n) is 7.43. The Morgan fingerprint density at radius 2 is 2.43 bits per heavy atom. The molecule has 1 aliphatic rings. The summed E-state index contributed by atoms with van der Waals surface area (Å²) in [5.41, 5.74) is 0.720. The van der Waals surface area contributed by atoms with Gasteiger partial charge >= 0.3 is 0 Å². The average Bonchev–Trinajstić information content (AvgIpc) is 3.19. The highest BCUT2D eigenvalue weighted by Crippen LogP contribution is 2.26. The Morgan fingerprint density at radius 3 is 3.14 bits per heavy atom. The van der Waals surface area contributed by atoms with Gasteiger partial charge in [-0.3, -0.25) is 4.79 Å². The lowest BCUT2D eigenvalue weighted by molar-refractivity contribution is -0.132. The van der Waals surface area contributed by atoms with Gasteiger partial charge in [0, 0.05) is 12.6 Å². The van der Waals surface area contributed by atoms with E-state index < -0.39 is 0 Å². The van der Waals surface area contributed by atoms with Gasteiger partial charge in [-0.2, -0.15) is 0 Å². The molecule has 1 saturated heterocycles. The molecule has 2 aromatic heterocycles. The topological polar surface area (TPSA) is 46.3 Å². The Balaban J connectivity index is 1.68. The van der Waals surface area contributed by atoms with Crippen molar-refractivity contribution < 1.29 is 9.21 Å². The molecule has 4 nitrogen and oxygen atoms in total. The zero-order chi connectivity index (χ0) is 14.8. The maximum Gasteiger partial charge on any atom is 0.236 e. The second kappa shape index (κ2) is 6.02. The molecule has 2 aromatic rings. The first-order valence-corrected chi connectivity index (χ1v) is 8.31. The van der Waals surface area contributed by atoms with Crippen molar-refractivity contribution in [2.75, 3.05) is 6.54 Å². The van der Waals surface area contributed by atoms with Gasteiger partial charge in [0.1, 0.15) is 6.26 Å². The van der Waals surface area contributed by atoms with Crippen molar-refractivity contribution >= 4 is 17.2 Å². The van der Waals surface area contributed by atoms with Crippen LogP contribution >= 0.6 is 11.3 Å². The number of rotatable bonds is 4. The molecular formula is C16H20N2O2S. The van der Waals surface area contributed by atoms with Crippen LogP contribution in [0.25, 0.3) is 10.8 Å². The molecule has 0 radical (unpaired) electrons. The molecule has 3 rings (SSSR count). The van der Waals surface area contributed by atoms with E-state index in [-0.39, 0.29) is 5.91 Å². The number of likely N-dealkylation sites (tertiary alicyclic amines) is 1. The van der Waals surface area contributed by atoms with Crippen LogP contribution in [0.2, 0.25) is 0 Å². The quantitative estimate of drug-likeness (QED) is 0.867. The van der Waals surface area contributed by atoms with Crippen LogP contribution in [0.15, 0.2) is 28.2 Å². The van der Waals surface area contributed by atoms with Crippen molar-refractivity contribution in [3.8, 4) is 10.8 Å². The van der Waals surface area contributed by atoms with Gasteiger partial charge in [0.15, 0.2) is 0 Å². The SMILES string of the molecule is CC(C)[C@@H]1CCCN1C(=O)Cc1coc(-c2cccs2)n1. The lowest BCUT2D eigenvalue weighted by Gasteiger charge is -2.27. The molecule has 1 fully saturated rings. The Labute approximate surface area is 128 Å². The lowest BCUT2D eigenvalue weighted by atomic mass is 10.0. The number of aromatic nitrogens is 1. The smallest absolute Gasteiger partial charge is 0.236 e. The second-order valence-corrected chi connectivity index (χ2v) is 6.79. The fourth-order valence-corrected chi connectivity index (χ4v) is 3.61. The molecule has 1 atom stereocenters. The molecule has 112 valence electrons. The first kappa shape index (κ1) is 14.3. The summed E-state index contributed by atoms with van der Waals surface area (Å²) in [7, 11) is 0. The normalized spacial score (nSPS) is 18.6. The number of nitrogens with zero attached hydrogens (tertiary/aromatic N) is 2. The van der Waals surface area contributed by atoms with Crippen LogP contribution < -0.4 is 0 Å². The molecule has 21 heavy (non-hydrogen) atoms. The van der Waals surface area contributed by atoms with E-state index in [0.29, 0.717) is 24.3 Å². The van der Waals surface area contributed by atoms with E-state index in [1.165, 1.54) is 0 Å². The van der Waals surface area contributed by atoms with Crippen molar-refractivity contribution in [1.29, 1.82) is 0 Å². The van der Waals surface area contributed by atoms with E-state index in [1.807, 2.05) is 22.4 Å². The minimum absolute atomic E-state index is 0.164. The molecule has 0 spiro atoms. The minimum atomic E-state index is 0.164. The third-order valence-corrected chi connectivity index (χ3v) is 4.86. The molecule has 0 saturated carbocycles. The summed E-state index contributed by atoms with van der Waals surface area (Å²) in [5.74, 6) is 1.28. The van der Waals surface area contributed by atoms with E-state index >= 15 is 0 Å². The third-order valence-electron chi connectivity index (χ3n) is 4.01. The number of carbonyl (C=O) groups excluding carboxylic acids is 1. The van der Waals surface area contributed by atoms with Gasteiger partial charge in [0.25, 0.3) is 0 Å². The van der Waals surface area contributed by atoms with Gasteiger partial charge in [0.05, 0.1) is 17.0 Å². The van der Waals surface area contributed by atoms with E-state index in [9.17, 15) is 4.79 Å². The summed E-state index contributed by atoms with van der Waals surface area (Å²) in [6, 6.07) is 4.31. The largest absolute Gasteiger partial charge is 0.444 e. The van der Waals surface area contributed by atoms with Crippen LogP contribution in [0.1, 0.15) is 32.4 Å². The lowest BCUT2D eigenvalue weighted by Crippen LogP contribution is -2.39. The van der Waals surface area contributed by atoms with Crippen LogP contribution in [-0.4, -0.2) is 28.4 Å². The van der Waals surface area contributed by atoms with E-state index in [4.69, 9.17) is 4.42 Å². The van der Waals surface area contributed by atoms with Crippen molar-refractivity contribution in [3.63, 3.8) is 0 Å². The van der Waals surface area contributed by atoms with Crippen LogP contribution in [0.4, 0.5) is 0 Å². The Hall–Kier alpha value is -1.62. The summed E-state index contributed by atoms with van der Waals surface area (Å²) >= 11 is 1.59. The maximum atomic E-state index is 12.5. The van der Waals surface area contributed by atoms with E-state index in [1.54, 1.807) is 17.6 Å². The standard InChI is InChI=1S/C16H20N2O2S/c1-11(2)13-5-3-7-18(13)15(19)9-12-10-20-16(17-12)14-6-4-8-21-14/h4,6,8,10-11,13H,3,5,7,9H2,1-2H3/t13-/m0/s1. The molecular weight excluding hydrogens is 284 g/mol. The molecule has 0 aromatic carbocycles. The summed E-state index contributed by atoms with van der Waals surface area (Å²) in [5, 5.41) is 1.99. The van der Waals surface area contributed by atoms with Crippen molar-refractivity contribution in [2.45, 2.75) is 39.2 Å². The minimum Gasteiger partial charge on any atom is -0.444 e. The Bertz CT molecular complexity index is 604.